The fraction of sp³-hybridized carbons (Fsp3) is 0.0769. The molecular weight excluding hydrogens is 402 g/mol. The molecule has 0 saturated carbocycles. The molecule has 0 fully saturated rings. The first kappa shape index (κ1) is 20.8. The number of nitriles is 1. The van der Waals surface area contributed by atoms with Gasteiger partial charge in [-0.2, -0.15) is 5.26 Å². The van der Waals surface area contributed by atoms with Crippen LogP contribution in [0.3, 0.4) is 0 Å². The number of aromatic nitrogens is 1. The minimum Gasteiger partial charge on any atom is -0.479 e. The summed E-state index contributed by atoms with van der Waals surface area (Å²) in [5.41, 5.74) is 3.07. The van der Waals surface area contributed by atoms with Gasteiger partial charge in [-0.3, -0.25) is 4.79 Å². The molecule has 0 radical (unpaired) electrons. The third kappa shape index (κ3) is 4.05. The molecule has 0 aliphatic carbocycles. The highest BCUT2D eigenvalue weighted by molar-refractivity contribution is 6.10. The van der Waals surface area contributed by atoms with Crippen LogP contribution in [-0.4, -0.2) is 22.0 Å². The van der Waals surface area contributed by atoms with Gasteiger partial charge >= 0.3 is 5.97 Å². The van der Waals surface area contributed by atoms with Crippen molar-refractivity contribution >= 4 is 22.8 Å². The van der Waals surface area contributed by atoms with Crippen molar-refractivity contribution in [1.82, 2.24) is 10.3 Å². The summed E-state index contributed by atoms with van der Waals surface area (Å²) in [6.07, 6.45) is -0.0477. The summed E-state index contributed by atoms with van der Waals surface area (Å²) in [7, 11) is 0. The minimum atomic E-state index is -1.23. The number of carboxylic acid groups (broad SMARTS) is 1. The van der Waals surface area contributed by atoms with Crippen LogP contribution >= 0.6 is 0 Å². The van der Waals surface area contributed by atoms with Gasteiger partial charge < -0.3 is 10.4 Å². The van der Waals surface area contributed by atoms with Gasteiger partial charge in [0.15, 0.2) is 6.04 Å². The first-order chi connectivity index (χ1) is 15.6. The lowest BCUT2D eigenvalue weighted by Crippen LogP contribution is -2.34. The molecule has 0 aliphatic heterocycles. The fourth-order valence-electron chi connectivity index (χ4n) is 3.73. The zero-order valence-corrected chi connectivity index (χ0v) is 17.0. The van der Waals surface area contributed by atoms with E-state index in [0.717, 1.165) is 5.56 Å². The van der Waals surface area contributed by atoms with Crippen molar-refractivity contribution in [3.8, 4) is 17.3 Å². The van der Waals surface area contributed by atoms with E-state index in [-0.39, 0.29) is 12.0 Å². The van der Waals surface area contributed by atoms with Crippen molar-refractivity contribution in [3.05, 3.63) is 102 Å². The Hall–Kier alpha value is -4.50. The Morgan fingerprint density at radius 2 is 1.56 bits per heavy atom. The molecule has 3 aromatic carbocycles. The molecule has 0 unspecified atom stereocenters. The van der Waals surface area contributed by atoms with Crippen LogP contribution in [0.4, 0.5) is 0 Å². The molecule has 6 heteroatoms. The quantitative estimate of drug-likeness (QED) is 0.476. The standard InChI is InChI=1S/C26H19N3O3/c27-16-15-20-22(25(30)29-24(26(31)32)18-11-5-2-6-12-18)19-13-7-8-14-21(19)28-23(20)17-9-3-1-4-10-17/h1-14,24H,15H2,(H,29,30)(H,31,32)/t24-/m1/s1. The molecule has 4 aromatic rings. The van der Waals surface area contributed by atoms with Crippen molar-refractivity contribution in [2.24, 2.45) is 0 Å². The van der Waals surface area contributed by atoms with Crippen molar-refractivity contribution in [1.29, 1.82) is 5.26 Å². The van der Waals surface area contributed by atoms with Crippen molar-refractivity contribution in [2.75, 3.05) is 0 Å². The van der Waals surface area contributed by atoms with Crippen LogP contribution in [-0.2, 0) is 11.2 Å². The highest BCUT2D eigenvalue weighted by Gasteiger charge is 2.27. The van der Waals surface area contributed by atoms with Crippen LogP contribution in [0.15, 0.2) is 84.9 Å². The number of nitrogens with zero attached hydrogens (tertiary/aromatic N) is 2. The van der Waals surface area contributed by atoms with Crippen molar-refractivity contribution in [3.63, 3.8) is 0 Å². The average molecular weight is 421 g/mol. The van der Waals surface area contributed by atoms with E-state index >= 15 is 0 Å². The largest absolute Gasteiger partial charge is 0.479 e. The molecule has 0 spiro atoms. The lowest BCUT2D eigenvalue weighted by molar-refractivity contribution is -0.139. The second kappa shape index (κ2) is 9.11. The van der Waals surface area contributed by atoms with E-state index in [4.69, 9.17) is 4.98 Å². The second-order valence-electron chi connectivity index (χ2n) is 7.19. The zero-order chi connectivity index (χ0) is 22.5. The number of hydrogen-bond donors (Lipinski definition) is 2. The van der Waals surface area contributed by atoms with Gasteiger partial charge in [0.25, 0.3) is 5.91 Å². The Morgan fingerprint density at radius 1 is 0.938 bits per heavy atom. The number of carbonyl (C=O) groups excluding carboxylic acids is 1. The Bertz CT molecular complexity index is 1330. The zero-order valence-electron chi connectivity index (χ0n) is 17.0. The number of amides is 1. The number of rotatable bonds is 6. The average Bonchev–Trinajstić information content (AvgIpc) is 2.83. The first-order valence-electron chi connectivity index (χ1n) is 10.0. The number of carbonyl (C=O) groups is 2. The number of nitrogens with one attached hydrogen (secondary N) is 1. The lowest BCUT2D eigenvalue weighted by Gasteiger charge is -2.19. The number of aliphatic carboxylic acids is 1. The Kier molecular flexibility index (Phi) is 5.91. The van der Waals surface area contributed by atoms with E-state index in [0.29, 0.717) is 27.7 Å². The van der Waals surface area contributed by atoms with Gasteiger partial charge in [-0.25, -0.2) is 9.78 Å². The second-order valence-corrected chi connectivity index (χ2v) is 7.19. The SMILES string of the molecule is N#CCc1c(-c2ccccc2)nc2ccccc2c1C(=O)N[C@@H](C(=O)O)c1ccccc1. The highest BCUT2D eigenvalue weighted by Crippen LogP contribution is 2.31. The third-order valence-corrected chi connectivity index (χ3v) is 5.18. The molecule has 1 aromatic heterocycles. The van der Waals surface area contributed by atoms with Crippen molar-refractivity contribution in [2.45, 2.75) is 12.5 Å². The van der Waals surface area contributed by atoms with E-state index in [1.807, 2.05) is 36.4 Å². The number of hydrogen-bond acceptors (Lipinski definition) is 4. The Balaban J connectivity index is 1.90. The lowest BCUT2D eigenvalue weighted by atomic mass is 9.94. The maximum Gasteiger partial charge on any atom is 0.330 e. The predicted molar refractivity (Wildman–Crippen MR) is 121 cm³/mol. The monoisotopic (exact) mass is 421 g/mol. The summed E-state index contributed by atoms with van der Waals surface area (Å²) in [4.78, 5) is 30.2. The molecule has 0 bridgehead atoms. The summed E-state index contributed by atoms with van der Waals surface area (Å²) in [6, 6.07) is 25.9. The summed E-state index contributed by atoms with van der Waals surface area (Å²) in [5.74, 6) is -1.74. The third-order valence-electron chi connectivity index (χ3n) is 5.18. The minimum absolute atomic E-state index is 0.0477. The summed E-state index contributed by atoms with van der Waals surface area (Å²) < 4.78 is 0. The molecule has 0 aliphatic rings. The maximum atomic E-state index is 13.5. The number of para-hydroxylation sites is 1. The van der Waals surface area contributed by atoms with E-state index in [9.17, 15) is 20.0 Å². The number of benzene rings is 3. The van der Waals surface area contributed by atoms with E-state index in [1.165, 1.54) is 0 Å². The number of pyridine rings is 1. The molecule has 32 heavy (non-hydrogen) atoms. The van der Waals surface area contributed by atoms with Crippen LogP contribution in [0.2, 0.25) is 0 Å². The van der Waals surface area contributed by atoms with E-state index < -0.39 is 17.9 Å². The van der Waals surface area contributed by atoms with Crippen molar-refractivity contribution < 1.29 is 14.7 Å². The maximum absolute atomic E-state index is 13.5. The summed E-state index contributed by atoms with van der Waals surface area (Å²) in [5, 5.41) is 22.5. The van der Waals surface area contributed by atoms with Gasteiger partial charge in [-0.05, 0) is 11.6 Å². The first-order valence-corrected chi connectivity index (χ1v) is 10.0. The molecule has 1 atom stereocenters. The molecule has 4 rings (SSSR count). The highest BCUT2D eigenvalue weighted by atomic mass is 16.4. The van der Waals surface area contributed by atoms with Crippen LogP contribution < -0.4 is 5.32 Å². The molecule has 2 N–H and O–H groups in total. The molecule has 0 saturated heterocycles. The summed E-state index contributed by atoms with van der Waals surface area (Å²) >= 11 is 0. The predicted octanol–water partition coefficient (Wildman–Crippen LogP) is 4.52. The topological polar surface area (TPSA) is 103 Å². The van der Waals surface area contributed by atoms with Gasteiger partial charge in [-0.15, -0.1) is 0 Å². The van der Waals surface area contributed by atoms with E-state index in [1.54, 1.807) is 48.5 Å². The summed E-state index contributed by atoms with van der Waals surface area (Å²) in [6.45, 7) is 0. The molecule has 156 valence electrons. The Labute approximate surface area is 184 Å². The van der Waals surface area contributed by atoms with Gasteiger partial charge in [-0.1, -0.05) is 78.9 Å². The van der Waals surface area contributed by atoms with Crippen LogP contribution in [0.5, 0.6) is 0 Å². The number of carboxylic acids is 1. The normalized spacial score (nSPS) is 11.5. The van der Waals surface area contributed by atoms with Gasteiger partial charge in [0, 0.05) is 16.5 Å². The van der Waals surface area contributed by atoms with Gasteiger partial charge in [0.2, 0.25) is 0 Å². The smallest absolute Gasteiger partial charge is 0.330 e. The molecule has 1 amide bonds. The van der Waals surface area contributed by atoms with Gasteiger partial charge in [0.1, 0.15) is 0 Å². The fourth-order valence-corrected chi connectivity index (χ4v) is 3.73. The Morgan fingerprint density at radius 3 is 2.22 bits per heavy atom. The van der Waals surface area contributed by atoms with Crippen LogP contribution in [0.1, 0.15) is 27.5 Å². The molecule has 6 nitrogen and oxygen atoms in total. The van der Waals surface area contributed by atoms with Gasteiger partial charge in [0.05, 0.1) is 29.3 Å². The van der Waals surface area contributed by atoms with Crippen LogP contribution in [0, 0.1) is 11.3 Å². The van der Waals surface area contributed by atoms with Crippen LogP contribution in [0.25, 0.3) is 22.2 Å². The molecule has 1 heterocycles. The number of fused-ring (bicyclic) bond motifs is 1. The van der Waals surface area contributed by atoms with E-state index in [2.05, 4.69) is 11.4 Å². The molecular formula is C26H19N3O3.